The van der Waals surface area contributed by atoms with Crippen LogP contribution in [0.5, 0.6) is 0 Å². The SMILES string of the molecule is CC(=O)N1CCCc2ccc(S(=O)(=O)N3CCC(N)CC3)cc21. The van der Waals surface area contributed by atoms with Gasteiger partial charge in [-0.3, -0.25) is 4.79 Å². The van der Waals surface area contributed by atoms with Crippen molar-refractivity contribution in [2.45, 2.75) is 43.5 Å². The van der Waals surface area contributed by atoms with Gasteiger partial charge >= 0.3 is 0 Å². The summed E-state index contributed by atoms with van der Waals surface area (Å²) in [5.74, 6) is -0.0514. The minimum Gasteiger partial charge on any atom is -0.328 e. The van der Waals surface area contributed by atoms with E-state index in [4.69, 9.17) is 5.73 Å². The summed E-state index contributed by atoms with van der Waals surface area (Å²) < 4.78 is 27.2. The van der Waals surface area contributed by atoms with E-state index in [1.807, 2.05) is 6.07 Å². The van der Waals surface area contributed by atoms with Crippen LogP contribution in [0, 0.1) is 0 Å². The van der Waals surface area contributed by atoms with E-state index in [1.165, 1.54) is 11.2 Å². The Labute approximate surface area is 137 Å². The maximum absolute atomic E-state index is 12.8. The number of nitrogens with two attached hydrogens (primary N) is 1. The number of benzene rings is 1. The van der Waals surface area contributed by atoms with Crippen LogP contribution in [0.15, 0.2) is 23.1 Å². The lowest BCUT2D eigenvalue weighted by Crippen LogP contribution is -2.42. The van der Waals surface area contributed by atoms with E-state index in [9.17, 15) is 13.2 Å². The first-order valence-corrected chi connectivity index (χ1v) is 9.50. The van der Waals surface area contributed by atoms with Gasteiger partial charge < -0.3 is 10.6 Å². The number of aryl methyl sites for hydroxylation is 1. The van der Waals surface area contributed by atoms with E-state index in [1.54, 1.807) is 17.0 Å². The first kappa shape index (κ1) is 16.4. The highest BCUT2D eigenvalue weighted by atomic mass is 32.2. The summed E-state index contributed by atoms with van der Waals surface area (Å²) in [6.45, 7) is 3.07. The van der Waals surface area contributed by atoms with Gasteiger partial charge in [0, 0.05) is 38.3 Å². The maximum Gasteiger partial charge on any atom is 0.243 e. The lowest BCUT2D eigenvalue weighted by Gasteiger charge is -2.31. The second-order valence-electron chi connectivity index (χ2n) is 6.31. The number of sulfonamides is 1. The molecule has 2 aliphatic rings. The molecule has 0 aliphatic carbocycles. The van der Waals surface area contributed by atoms with E-state index in [-0.39, 0.29) is 16.8 Å². The molecule has 3 rings (SSSR count). The number of amides is 1. The lowest BCUT2D eigenvalue weighted by atomic mass is 10.0. The molecule has 0 spiro atoms. The summed E-state index contributed by atoms with van der Waals surface area (Å²) in [5.41, 5.74) is 7.62. The van der Waals surface area contributed by atoms with Gasteiger partial charge in [-0.05, 0) is 43.4 Å². The number of hydrogen-bond acceptors (Lipinski definition) is 4. The van der Waals surface area contributed by atoms with Gasteiger partial charge in [0.2, 0.25) is 15.9 Å². The Hall–Kier alpha value is -1.44. The summed E-state index contributed by atoms with van der Waals surface area (Å²) in [5, 5.41) is 0. The van der Waals surface area contributed by atoms with Crippen molar-refractivity contribution in [2.75, 3.05) is 24.5 Å². The third-order valence-electron chi connectivity index (χ3n) is 4.69. The molecular weight excluding hydrogens is 314 g/mol. The zero-order valence-corrected chi connectivity index (χ0v) is 14.2. The molecule has 1 aromatic rings. The molecule has 1 fully saturated rings. The van der Waals surface area contributed by atoms with Gasteiger partial charge in [-0.2, -0.15) is 4.31 Å². The zero-order valence-electron chi connectivity index (χ0n) is 13.4. The number of piperidine rings is 1. The fourth-order valence-electron chi connectivity index (χ4n) is 3.31. The number of carbonyl (C=O) groups is 1. The van der Waals surface area contributed by atoms with E-state index in [0.29, 0.717) is 32.5 Å². The van der Waals surface area contributed by atoms with Crippen LogP contribution in [0.2, 0.25) is 0 Å². The highest BCUT2D eigenvalue weighted by Gasteiger charge is 2.30. The highest BCUT2D eigenvalue weighted by Crippen LogP contribution is 2.31. The van der Waals surface area contributed by atoms with E-state index in [0.717, 1.165) is 24.1 Å². The summed E-state index contributed by atoms with van der Waals surface area (Å²) >= 11 is 0. The fraction of sp³-hybridized carbons (Fsp3) is 0.562. The van der Waals surface area contributed by atoms with Crippen molar-refractivity contribution < 1.29 is 13.2 Å². The lowest BCUT2D eigenvalue weighted by molar-refractivity contribution is -0.116. The summed E-state index contributed by atoms with van der Waals surface area (Å²) in [4.78, 5) is 13.7. The monoisotopic (exact) mass is 337 g/mol. The predicted molar refractivity (Wildman–Crippen MR) is 88.8 cm³/mol. The predicted octanol–water partition coefficient (Wildman–Crippen LogP) is 1.10. The minimum atomic E-state index is -3.53. The summed E-state index contributed by atoms with van der Waals surface area (Å²) in [6, 6.07) is 5.23. The zero-order chi connectivity index (χ0) is 16.6. The molecule has 1 amide bonds. The van der Waals surface area contributed by atoms with Gasteiger partial charge in [-0.15, -0.1) is 0 Å². The first-order chi connectivity index (χ1) is 10.9. The molecule has 2 N–H and O–H groups in total. The van der Waals surface area contributed by atoms with Crippen molar-refractivity contribution in [3.63, 3.8) is 0 Å². The van der Waals surface area contributed by atoms with Crippen LogP contribution in [0.1, 0.15) is 31.7 Å². The molecule has 6 nitrogen and oxygen atoms in total. The van der Waals surface area contributed by atoms with E-state index >= 15 is 0 Å². The maximum atomic E-state index is 12.8. The van der Waals surface area contributed by atoms with Gasteiger partial charge in [0.05, 0.1) is 4.90 Å². The van der Waals surface area contributed by atoms with Gasteiger partial charge in [0.15, 0.2) is 0 Å². The largest absolute Gasteiger partial charge is 0.328 e. The molecule has 1 aromatic carbocycles. The molecule has 126 valence electrons. The molecule has 0 unspecified atom stereocenters. The van der Waals surface area contributed by atoms with Crippen LogP contribution in [0.25, 0.3) is 0 Å². The number of carbonyl (C=O) groups excluding carboxylic acids is 1. The Morgan fingerprint density at radius 1 is 1.22 bits per heavy atom. The van der Waals surface area contributed by atoms with Crippen molar-refractivity contribution in [3.8, 4) is 0 Å². The number of anilines is 1. The van der Waals surface area contributed by atoms with Crippen LogP contribution >= 0.6 is 0 Å². The second-order valence-corrected chi connectivity index (χ2v) is 8.24. The first-order valence-electron chi connectivity index (χ1n) is 8.06. The Kier molecular flexibility index (Phi) is 4.44. The van der Waals surface area contributed by atoms with Crippen LogP contribution in [0.4, 0.5) is 5.69 Å². The molecule has 2 heterocycles. The molecule has 0 aromatic heterocycles. The van der Waals surface area contributed by atoms with Gasteiger partial charge in [0.25, 0.3) is 0 Å². The Morgan fingerprint density at radius 3 is 2.57 bits per heavy atom. The third-order valence-corrected chi connectivity index (χ3v) is 6.59. The van der Waals surface area contributed by atoms with Crippen molar-refractivity contribution in [1.82, 2.24) is 4.31 Å². The Bertz CT molecular complexity index is 709. The van der Waals surface area contributed by atoms with Crippen molar-refractivity contribution in [1.29, 1.82) is 0 Å². The number of rotatable bonds is 2. The molecule has 2 aliphatic heterocycles. The van der Waals surface area contributed by atoms with Gasteiger partial charge in [0.1, 0.15) is 0 Å². The second kappa shape index (κ2) is 6.22. The average Bonchev–Trinajstić information content (AvgIpc) is 2.54. The standard InChI is InChI=1S/C16H23N3O3S/c1-12(20)19-8-2-3-13-4-5-15(11-16(13)19)23(21,22)18-9-6-14(17)7-10-18/h4-5,11,14H,2-3,6-10,17H2,1H3. The van der Waals surface area contributed by atoms with Crippen LogP contribution in [-0.2, 0) is 21.2 Å². The van der Waals surface area contributed by atoms with E-state index < -0.39 is 10.0 Å². The Balaban J connectivity index is 1.94. The normalized spacial score (nSPS) is 20.3. The van der Waals surface area contributed by atoms with Crippen molar-refractivity contribution >= 4 is 21.6 Å². The molecule has 23 heavy (non-hydrogen) atoms. The topological polar surface area (TPSA) is 83.7 Å². The molecule has 1 saturated heterocycles. The van der Waals surface area contributed by atoms with Crippen molar-refractivity contribution in [2.24, 2.45) is 5.73 Å². The van der Waals surface area contributed by atoms with Crippen LogP contribution in [0.3, 0.4) is 0 Å². The molecular formula is C16H23N3O3S. The molecule has 0 bridgehead atoms. The van der Waals surface area contributed by atoms with Crippen LogP contribution < -0.4 is 10.6 Å². The number of nitrogens with zero attached hydrogens (tertiary/aromatic N) is 2. The molecule has 7 heteroatoms. The molecule has 0 radical (unpaired) electrons. The van der Waals surface area contributed by atoms with Crippen molar-refractivity contribution in [3.05, 3.63) is 23.8 Å². The molecule has 0 saturated carbocycles. The van der Waals surface area contributed by atoms with E-state index in [2.05, 4.69) is 0 Å². The van der Waals surface area contributed by atoms with Gasteiger partial charge in [-0.25, -0.2) is 8.42 Å². The Morgan fingerprint density at radius 2 is 1.91 bits per heavy atom. The summed E-state index contributed by atoms with van der Waals surface area (Å²) in [7, 11) is -3.53. The minimum absolute atomic E-state index is 0.0514. The smallest absolute Gasteiger partial charge is 0.243 e. The average molecular weight is 337 g/mol. The third kappa shape index (κ3) is 3.13. The quantitative estimate of drug-likeness (QED) is 0.876. The van der Waals surface area contributed by atoms with Gasteiger partial charge in [-0.1, -0.05) is 6.07 Å². The van der Waals surface area contributed by atoms with Crippen LogP contribution in [-0.4, -0.2) is 44.3 Å². The molecule has 0 atom stereocenters. The fourth-order valence-corrected chi connectivity index (χ4v) is 4.80. The number of hydrogen-bond donors (Lipinski definition) is 1. The summed E-state index contributed by atoms with van der Waals surface area (Å²) in [6.07, 6.45) is 3.15. The number of fused-ring (bicyclic) bond motifs is 1. The highest BCUT2D eigenvalue weighted by molar-refractivity contribution is 7.89.